The molecule has 0 spiro atoms. The van der Waals surface area contributed by atoms with E-state index >= 15 is 0 Å². The van der Waals surface area contributed by atoms with Gasteiger partial charge in [0, 0.05) is 19.0 Å². The van der Waals surface area contributed by atoms with Crippen molar-refractivity contribution in [3.8, 4) is 11.5 Å². The molecule has 1 unspecified atom stereocenters. The van der Waals surface area contributed by atoms with Gasteiger partial charge in [-0.15, -0.1) is 0 Å². The third kappa shape index (κ3) is 2.85. The van der Waals surface area contributed by atoms with E-state index in [-0.39, 0.29) is 6.04 Å². The Bertz CT molecular complexity index is 611. The second kappa shape index (κ2) is 6.13. The van der Waals surface area contributed by atoms with Crippen molar-refractivity contribution in [1.82, 2.24) is 20.1 Å². The number of rotatable bonds is 5. The van der Waals surface area contributed by atoms with Gasteiger partial charge >= 0.3 is 0 Å². The first-order chi connectivity index (χ1) is 10.3. The molecule has 112 valence electrons. The number of nitrogens with one attached hydrogen (secondary N) is 1. The summed E-state index contributed by atoms with van der Waals surface area (Å²) in [4.78, 5) is 4.34. The fourth-order valence-corrected chi connectivity index (χ4v) is 2.56. The normalized spacial score (nSPS) is 15.0. The van der Waals surface area contributed by atoms with Gasteiger partial charge in [-0.25, -0.2) is 4.98 Å². The second-order valence-electron chi connectivity index (χ2n) is 4.94. The number of ether oxygens (including phenoxy) is 2. The van der Waals surface area contributed by atoms with Crippen molar-refractivity contribution < 1.29 is 9.47 Å². The summed E-state index contributed by atoms with van der Waals surface area (Å²) in [6, 6.07) is 6.25. The zero-order valence-electron chi connectivity index (χ0n) is 12.4. The van der Waals surface area contributed by atoms with Crippen molar-refractivity contribution in [2.75, 3.05) is 20.3 Å². The quantitative estimate of drug-likeness (QED) is 0.905. The minimum Gasteiger partial charge on any atom is -0.486 e. The predicted octanol–water partition coefficient (Wildman–Crippen LogP) is 1.57. The van der Waals surface area contributed by atoms with Gasteiger partial charge in [-0.1, -0.05) is 6.07 Å². The first kappa shape index (κ1) is 13.9. The monoisotopic (exact) mass is 288 g/mol. The van der Waals surface area contributed by atoms with Crippen LogP contribution in [0.1, 0.15) is 24.4 Å². The van der Waals surface area contributed by atoms with Crippen LogP contribution in [0.2, 0.25) is 0 Å². The Morgan fingerprint density at radius 2 is 2.10 bits per heavy atom. The van der Waals surface area contributed by atoms with Gasteiger partial charge in [0.25, 0.3) is 0 Å². The Hall–Kier alpha value is -2.08. The van der Waals surface area contributed by atoms with Crippen molar-refractivity contribution in [2.45, 2.75) is 25.9 Å². The maximum absolute atomic E-state index is 5.65. The molecule has 1 aliphatic heterocycles. The maximum Gasteiger partial charge on any atom is 0.161 e. The van der Waals surface area contributed by atoms with Crippen LogP contribution < -0.4 is 14.8 Å². The van der Waals surface area contributed by atoms with Gasteiger partial charge in [0.1, 0.15) is 25.4 Å². The van der Waals surface area contributed by atoms with E-state index in [0.29, 0.717) is 13.2 Å². The van der Waals surface area contributed by atoms with Crippen molar-refractivity contribution in [2.24, 2.45) is 0 Å². The molecule has 1 aromatic carbocycles. The Kier molecular flexibility index (Phi) is 4.06. The first-order valence-corrected chi connectivity index (χ1v) is 7.25. The standard InChI is InChI=1S/C15H20N4O2/c1-3-19-15(17-10-18-19)9-12(16-2)11-4-5-13-14(8-11)21-7-6-20-13/h4-5,8,10,12,16H,3,6-7,9H2,1-2H3. The summed E-state index contributed by atoms with van der Waals surface area (Å²) in [7, 11) is 1.95. The lowest BCUT2D eigenvalue weighted by atomic mass is 10.0. The maximum atomic E-state index is 5.65. The largest absolute Gasteiger partial charge is 0.486 e. The van der Waals surface area contributed by atoms with Crippen LogP contribution in [0.25, 0.3) is 0 Å². The second-order valence-corrected chi connectivity index (χ2v) is 4.94. The smallest absolute Gasteiger partial charge is 0.161 e. The van der Waals surface area contributed by atoms with E-state index in [9.17, 15) is 0 Å². The van der Waals surface area contributed by atoms with Crippen LogP contribution in [0.15, 0.2) is 24.5 Å². The van der Waals surface area contributed by atoms with E-state index in [1.54, 1.807) is 6.33 Å². The molecular weight excluding hydrogens is 268 g/mol. The average Bonchev–Trinajstić information content (AvgIpc) is 2.99. The Morgan fingerprint density at radius 3 is 2.86 bits per heavy atom. The molecule has 0 saturated heterocycles. The van der Waals surface area contributed by atoms with Crippen molar-refractivity contribution >= 4 is 0 Å². The number of fused-ring (bicyclic) bond motifs is 1. The molecule has 1 aliphatic rings. The fraction of sp³-hybridized carbons (Fsp3) is 0.467. The molecule has 1 N–H and O–H groups in total. The fourth-order valence-electron chi connectivity index (χ4n) is 2.56. The zero-order valence-corrected chi connectivity index (χ0v) is 12.4. The molecule has 0 radical (unpaired) electrons. The van der Waals surface area contributed by atoms with Gasteiger partial charge in [0.05, 0.1) is 0 Å². The number of aromatic nitrogens is 3. The number of aryl methyl sites for hydroxylation is 1. The Morgan fingerprint density at radius 1 is 1.29 bits per heavy atom. The molecule has 0 saturated carbocycles. The molecule has 6 heteroatoms. The summed E-state index contributed by atoms with van der Waals surface area (Å²) >= 11 is 0. The molecule has 0 bridgehead atoms. The number of benzene rings is 1. The van der Waals surface area contributed by atoms with E-state index in [1.165, 1.54) is 0 Å². The summed E-state index contributed by atoms with van der Waals surface area (Å²) < 4.78 is 13.1. The van der Waals surface area contributed by atoms with Gasteiger partial charge in [-0.05, 0) is 31.7 Å². The van der Waals surface area contributed by atoms with Crippen LogP contribution in [0, 0.1) is 0 Å². The molecule has 2 heterocycles. The summed E-state index contributed by atoms with van der Waals surface area (Å²) in [6.07, 6.45) is 2.39. The zero-order chi connectivity index (χ0) is 14.7. The van der Waals surface area contributed by atoms with E-state index in [1.807, 2.05) is 23.9 Å². The molecule has 3 rings (SSSR count). The SMILES string of the molecule is CCn1ncnc1CC(NC)c1ccc2c(c1)OCCO2. The van der Waals surface area contributed by atoms with E-state index in [2.05, 4.69) is 28.4 Å². The highest BCUT2D eigenvalue weighted by molar-refractivity contribution is 5.44. The Labute approximate surface area is 124 Å². The molecule has 6 nitrogen and oxygen atoms in total. The molecule has 0 aliphatic carbocycles. The number of likely N-dealkylation sites (N-methyl/N-ethyl adjacent to an activating group) is 1. The molecular formula is C15H20N4O2. The summed E-state index contributed by atoms with van der Waals surface area (Å²) in [5.41, 5.74) is 1.16. The lowest BCUT2D eigenvalue weighted by molar-refractivity contribution is 0.171. The summed E-state index contributed by atoms with van der Waals surface area (Å²) in [6.45, 7) is 4.11. The van der Waals surface area contributed by atoms with Gasteiger partial charge in [-0.2, -0.15) is 5.10 Å². The average molecular weight is 288 g/mol. The number of nitrogens with zero attached hydrogens (tertiary/aromatic N) is 3. The third-order valence-electron chi connectivity index (χ3n) is 3.70. The van der Waals surface area contributed by atoms with Crippen LogP contribution >= 0.6 is 0 Å². The predicted molar refractivity (Wildman–Crippen MR) is 78.6 cm³/mol. The molecule has 0 amide bonds. The lowest BCUT2D eigenvalue weighted by Crippen LogP contribution is -2.22. The van der Waals surface area contributed by atoms with Gasteiger partial charge < -0.3 is 14.8 Å². The van der Waals surface area contributed by atoms with Gasteiger partial charge in [0.2, 0.25) is 0 Å². The highest BCUT2D eigenvalue weighted by atomic mass is 16.6. The van der Waals surface area contributed by atoms with Crippen molar-refractivity contribution in [3.05, 3.63) is 35.9 Å². The molecule has 0 fully saturated rings. The van der Waals surface area contributed by atoms with Gasteiger partial charge in [0.15, 0.2) is 11.5 Å². The highest BCUT2D eigenvalue weighted by Crippen LogP contribution is 2.33. The lowest BCUT2D eigenvalue weighted by Gasteiger charge is -2.22. The van der Waals surface area contributed by atoms with Crippen molar-refractivity contribution in [3.63, 3.8) is 0 Å². The topological polar surface area (TPSA) is 61.2 Å². The van der Waals surface area contributed by atoms with Crippen LogP contribution in [-0.4, -0.2) is 35.0 Å². The summed E-state index contributed by atoms with van der Waals surface area (Å²) in [5.74, 6) is 2.61. The molecule has 1 aromatic heterocycles. The first-order valence-electron chi connectivity index (χ1n) is 7.25. The minimum atomic E-state index is 0.162. The molecule has 21 heavy (non-hydrogen) atoms. The Balaban J connectivity index is 1.83. The molecule has 1 atom stereocenters. The number of hydrogen-bond acceptors (Lipinski definition) is 5. The van der Waals surface area contributed by atoms with E-state index in [4.69, 9.17) is 9.47 Å². The van der Waals surface area contributed by atoms with E-state index < -0.39 is 0 Å². The van der Waals surface area contributed by atoms with Crippen LogP contribution in [0.5, 0.6) is 11.5 Å². The minimum absolute atomic E-state index is 0.162. The van der Waals surface area contributed by atoms with Crippen LogP contribution in [0.3, 0.4) is 0 Å². The van der Waals surface area contributed by atoms with Crippen LogP contribution in [0.4, 0.5) is 0 Å². The third-order valence-corrected chi connectivity index (χ3v) is 3.70. The number of hydrogen-bond donors (Lipinski definition) is 1. The van der Waals surface area contributed by atoms with E-state index in [0.717, 1.165) is 35.9 Å². The highest BCUT2D eigenvalue weighted by Gasteiger charge is 2.18. The molecule has 2 aromatic rings. The van der Waals surface area contributed by atoms with Gasteiger partial charge in [-0.3, -0.25) is 4.68 Å². The summed E-state index contributed by atoms with van der Waals surface area (Å²) in [5, 5.41) is 7.56. The van der Waals surface area contributed by atoms with Crippen molar-refractivity contribution in [1.29, 1.82) is 0 Å². The van der Waals surface area contributed by atoms with Crippen LogP contribution in [-0.2, 0) is 13.0 Å².